The van der Waals surface area contributed by atoms with Crippen LogP contribution in [0.4, 0.5) is 0 Å². The zero-order chi connectivity index (χ0) is 12.0. The predicted molar refractivity (Wildman–Crippen MR) is 67.0 cm³/mol. The summed E-state index contributed by atoms with van der Waals surface area (Å²) in [4.78, 5) is 0. The minimum Gasteiger partial charge on any atom is -0.364 e. The second kappa shape index (κ2) is 6.66. The molecule has 90 valence electrons. The maximum atomic E-state index is 9.74. The summed E-state index contributed by atoms with van der Waals surface area (Å²) in [5.41, 5.74) is 2.16. The molecule has 0 spiro atoms. The Balaban J connectivity index is 2.74. The molecule has 1 rings (SSSR count). The lowest BCUT2D eigenvalue weighted by molar-refractivity contribution is -0.0651. The van der Waals surface area contributed by atoms with Gasteiger partial charge in [0.25, 0.3) is 0 Å². The minimum atomic E-state index is -0.775. The summed E-state index contributed by atoms with van der Waals surface area (Å²) in [5, 5.41) is 9.74. The summed E-state index contributed by atoms with van der Waals surface area (Å²) in [5.74, 6) is 0.528. The van der Waals surface area contributed by atoms with Gasteiger partial charge in [-0.2, -0.15) is 0 Å². The second-order valence-electron chi connectivity index (χ2n) is 4.10. The van der Waals surface area contributed by atoms with Crippen molar-refractivity contribution in [2.45, 2.75) is 39.9 Å². The smallest absolute Gasteiger partial charge is 0.180 e. The van der Waals surface area contributed by atoms with Crippen molar-refractivity contribution in [3.05, 3.63) is 35.5 Å². The van der Waals surface area contributed by atoms with Gasteiger partial charge in [-0.25, -0.2) is 0 Å². The van der Waals surface area contributed by atoms with Crippen molar-refractivity contribution in [3.8, 4) is 0 Å². The van der Waals surface area contributed by atoms with Gasteiger partial charge in [0.2, 0.25) is 0 Å². The molecule has 2 atom stereocenters. The van der Waals surface area contributed by atoms with Crippen molar-refractivity contribution in [1.82, 2.24) is 0 Å². The molecule has 0 amide bonds. The van der Waals surface area contributed by atoms with E-state index in [2.05, 4.69) is 32.1 Å². The molecule has 0 aromatic carbocycles. The van der Waals surface area contributed by atoms with E-state index in [4.69, 9.17) is 4.74 Å². The number of ether oxygens (including phenoxy) is 1. The average Bonchev–Trinajstić information content (AvgIpc) is 2.28. The molecule has 0 fully saturated rings. The van der Waals surface area contributed by atoms with E-state index in [-0.39, 0.29) is 0 Å². The fourth-order valence-corrected chi connectivity index (χ4v) is 1.74. The van der Waals surface area contributed by atoms with E-state index in [0.29, 0.717) is 12.5 Å². The van der Waals surface area contributed by atoms with Crippen LogP contribution in [0.5, 0.6) is 0 Å². The van der Waals surface area contributed by atoms with Crippen LogP contribution in [0.2, 0.25) is 0 Å². The van der Waals surface area contributed by atoms with Gasteiger partial charge >= 0.3 is 0 Å². The van der Waals surface area contributed by atoms with Crippen molar-refractivity contribution >= 4 is 0 Å². The van der Waals surface area contributed by atoms with Crippen LogP contribution in [-0.4, -0.2) is 18.0 Å². The van der Waals surface area contributed by atoms with Gasteiger partial charge in [0.05, 0.1) is 0 Å². The van der Waals surface area contributed by atoms with Crippen LogP contribution < -0.4 is 0 Å². The highest BCUT2D eigenvalue weighted by Gasteiger charge is 2.16. The van der Waals surface area contributed by atoms with Crippen molar-refractivity contribution in [1.29, 1.82) is 0 Å². The molecule has 0 saturated heterocycles. The maximum absolute atomic E-state index is 9.74. The third kappa shape index (κ3) is 3.62. The van der Waals surface area contributed by atoms with Crippen LogP contribution in [0.15, 0.2) is 35.5 Å². The van der Waals surface area contributed by atoms with Crippen LogP contribution >= 0.6 is 0 Å². The molecule has 1 aliphatic rings. The Labute approximate surface area is 98.3 Å². The molecule has 1 N–H and O–H groups in total. The van der Waals surface area contributed by atoms with Crippen molar-refractivity contribution in [2.24, 2.45) is 5.92 Å². The highest BCUT2D eigenvalue weighted by molar-refractivity contribution is 5.36. The first-order valence-electron chi connectivity index (χ1n) is 6.06. The highest BCUT2D eigenvalue weighted by Crippen LogP contribution is 2.26. The van der Waals surface area contributed by atoms with Crippen molar-refractivity contribution in [2.75, 3.05) is 6.61 Å². The van der Waals surface area contributed by atoms with Crippen LogP contribution in [-0.2, 0) is 4.74 Å². The van der Waals surface area contributed by atoms with Gasteiger partial charge in [-0.3, -0.25) is 0 Å². The Kier molecular flexibility index (Phi) is 5.50. The quantitative estimate of drug-likeness (QED) is 0.724. The predicted octanol–water partition coefficient (Wildman–Crippen LogP) is 3.20. The molecule has 2 nitrogen and oxygen atoms in total. The molecule has 0 aliphatic heterocycles. The van der Waals surface area contributed by atoms with Gasteiger partial charge in [-0.1, -0.05) is 38.2 Å². The monoisotopic (exact) mass is 222 g/mol. The lowest BCUT2D eigenvalue weighted by Gasteiger charge is -2.21. The third-order valence-corrected chi connectivity index (χ3v) is 2.77. The molecule has 0 bridgehead atoms. The van der Waals surface area contributed by atoms with Gasteiger partial charge in [-0.15, -0.1) is 0 Å². The third-order valence-electron chi connectivity index (χ3n) is 2.77. The molecule has 1 aliphatic carbocycles. The summed E-state index contributed by atoms with van der Waals surface area (Å²) in [6.45, 7) is 6.74. The SMILES string of the molecule is CC/C=C\C1=CC(C(O)OCC)=CCC1C. The van der Waals surface area contributed by atoms with Crippen molar-refractivity contribution < 1.29 is 9.84 Å². The Morgan fingerprint density at radius 3 is 2.94 bits per heavy atom. The number of hydrogen-bond acceptors (Lipinski definition) is 2. The fourth-order valence-electron chi connectivity index (χ4n) is 1.74. The van der Waals surface area contributed by atoms with E-state index in [9.17, 15) is 5.11 Å². The lowest BCUT2D eigenvalue weighted by atomic mass is 9.89. The highest BCUT2D eigenvalue weighted by atomic mass is 16.6. The van der Waals surface area contributed by atoms with Crippen LogP contribution in [0.1, 0.15) is 33.6 Å². The molecule has 2 heteroatoms. The Morgan fingerprint density at radius 1 is 1.56 bits per heavy atom. The van der Waals surface area contributed by atoms with Gasteiger partial charge in [0.15, 0.2) is 6.29 Å². The Morgan fingerprint density at radius 2 is 2.31 bits per heavy atom. The molecular weight excluding hydrogens is 200 g/mol. The first kappa shape index (κ1) is 13.2. The number of aliphatic hydroxyl groups excluding tert-OH is 1. The summed E-state index contributed by atoms with van der Waals surface area (Å²) in [7, 11) is 0. The first-order chi connectivity index (χ1) is 7.69. The molecular formula is C14H22O2. The molecule has 0 radical (unpaired) electrons. The zero-order valence-electron chi connectivity index (χ0n) is 10.4. The van der Waals surface area contributed by atoms with Gasteiger partial charge in [-0.05, 0) is 31.3 Å². The maximum Gasteiger partial charge on any atom is 0.180 e. The summed E-state index contributed by atoms with van der Waals surface area (Å²) in [6.07, 6.45) is 9.64. The van der Waals surface area contributed by atoms with E-state index in [1.807, 2.05) is 13.0 Å². The van der Waals surface area contributed by atoms with E-state index in [0.717, 1.165) is 18.4 Å². The Hall–Kier alpha value is -0.860. The topological polar surface area (TPSA) is 29.5 Å². The molecule has 0 saturated carbocycles. The van der Waals surface area contributed by atoms with Crippen LogP contribution in [0, 0.1) is 5.92 Å². The summed E-state index contributed by atoms with van der Waals surface area (Å²) in [6, 6.07) is 0. The largest absolute Gasteiger partial charge is 0.364 e. The fraction of sp³-hybridized carbons (Fsp3) is 0.571. The number of rotatable bonds is 5. The Bertz CT molecular complexity index is 300. The summed E-state index contributed by atoms with van der Waals surface area (Å²) < 4.78 is 5.19. The minimum absolute atomic E-state index is 0.528. The van der Waals surface area contributed by atoms with Gasteiger partial charge in [0, 0.05) is 12.2 Å². The lowest BCUT2D eigenvalue weighted by Crippen LogP contribution is -2.17. The zero-order valence-corrected chi connectivity index (χ0v) is 10.4. The van der Waals surface area contributed by atoms with Gasteiger partial charge in [0.1, 0.15) is 0 Å². The molecule has 0 heterocycles. The number of aliphatic hydroxyl groups is 1. The van der Waals surface area contributed by atoms with Crippen LogP contribution in [0.3, 0.4) is 0 Å². The van der Waals surface area contributed by atoms with Crippen molar-refractivity contribution in [3.63, 3.8) is 0 Å². The molecule has 0 aromatic rings. The molecule has 0 aromatic heterocycles. The number of hydrogen-bond donors (Lipinski definition) is 1. The van der Waals surface area contributed by atoms with E-state index in [1.54, 1.807) is 0 Å². The summed E-state index contributed by atoms with van der Waals surface area (Å²) >= 11 is 0. The van der Waals surface area contributed by atoms with Crippen LogP contribution in [0.25, 0.3) is 0 Å². The average molecular weight is 222 g/mol. The second-order valence-corrected chi connectivity index (χ2v) is 4.10. The molecule has 2 unspecified atom stereocenters. The normalized spacial score (nSPS) is 23.1. The molecule has 16 heavy (non-hydrogen) atoms. The first-order valence-corrected chi connectivity index (χ1v) is 6.06. The van der Waals surface area contributed by atoms with E-state index >= 15 is 0 Å². The van der Waals surface area contributed by atoms with E-state index in [1.165, 1.54) is 5.57 Å². The van der Waals surface area contributed by atoms with E-state index < -0.39 is 6.29 Å². The number of allylic oxidation sites excluding steroid dienone is 4. The standard InChI is InChI=1S/C14H22O2/c1-4-6-7-12-10-13(9-8-11(12)3)14(15)16-5-2/h6-7,9-11,14-15H,4-5,8H2,1-3H3/b7-6-. The van der Waals surface area contributed by atoms with Gasteiger partial charge < -0.3 is 9.84 Å².